The van der Waals surface area contributed by atoms with Gasteiger partial charge in [-0.15, -0.1) is 10.2 Å². The van der Waals surface area contributed by atoms with Gasteiger partial charge in [-0.25, -0.2) is 4.99 Å². The van der Waals surface area contributed by atoms with Crippen LogP contribution >= 0.6 is 0 Å². The Morgan fingerprint density at radius 1 is 1.16 bits per heavy atom. The summed E-state index contributed by atoms with van der Waals surface area (Å²) in [5, 5.41) is 11.3. The van der Waals surface area contributed by atoms with Crippen molar-refractivity contribution in [2.24, 2.45) is 10.7 Å². The predicted octanol–water partition coefficient (Wildman–Crippen LogP) is 1.35. The second kappa shape index (κ2) is 7.52. The molecule has 8 heteroatoms. The lowest BCUT2D eigenvalue weighted by Crippen LogP contribution is -2.31. The van der Waals surface area contributed by atoms with Gasteiger partial charge in [-0.05, 0) is 29.8 Å². The first-order valence-corrected chi connectivity index (χ1v) is 7.74. The zero-order valence-corrected chi connectivity index (χ0v) is 14.1. The second-order valence-corrected chi connectivity index (χ2v) is 5.29. The van der Waals surface area contributed by atoms with Crippen molar-refractivity contribution in [3.05, 3.63) is 54.0 Å². The number of aliphatic imine (C=N–C) groups is 1. The third-order valence-corrected chi connectivity index (χ3v) is 3.69. The minimum absolute atomic E-state index is 0.336. The van der Waals surface area contributed by atoms with Crippen LogP contribution in [0.4, 0.5) is 0 Å². The Labute approximate surface area is 145 Å². The molecule has 0 saturated heterocycles. The molecule has 0 aliphatic rings. The SMILES string of the molecule is COc1ccc(CN=C(N)NCc2nnc3ccccn23)cc1OC. The van der Waals surface area contributed by atoms with Gasteiger partial charge in [-0.3, -0.25) is 4.40 Å². The molecule has 0 unspecified atom stereocenters. The summed E-state index contributed by atoms with van der Waals surface area (Å²) < 4.78 is 12.4. The maximum atomic E-state index is 5.93. The Hall–Kier alpha value is -3.29. The molecule has 25 heavy (non-hydrogen) atoms. The Balaban J connectivity index is 1.62. The molecule has 0 fully saturated rings. The Kier molecular flexibility index (Phi) is 4.98. The van der Waals surface area contributed by atoms with Gasteiger partial charge in [0.15, 0.2) is 28.9 Å². The van der Waals surface area contributed by atoms with E-state index in [1.165, 1.54) is 0 Å². The fraction of sp³-hybridized carbons (Fsp3) is 0.235. The number of benzene rings is 1. The Bertz CT molecular complexity index is 890. The molecule has 0 radical (unpaired) electrons. The quantitative estimate of drug-likeness (QED) is 0.519. The van der Waals surface area contributed by atoms with Crippen LogP contribution < -0.4 is 20.5 Å². The van der Waals surface area contributed by atoms with Gasteiger partial charge in [0.2, 0.25) is 0 Å². The Morgan fingerprint density at radius 3 is 2.80 bits per heavy atom. The molecule has 3 rings (SSSR count). The lowest BCUT2D eigenvalue weighted by Gasteiger charge is -2.09. The summed E-state index contributed by atoms with van der Waals surface area (Å²) in [7, 11) is 3.20. The molecule has 0 aliphatic heterocycles. The molecule has 3 aromatic rings. The zero-order chi connectivity index (χ0) is 17.6. The van der Waals surface area contributed by atoms with Crippen LogP contribution in [-0.4, -0.2) is 34.8 Å². The highest BCUT2D eigenvalue weighted by Crippen LogP contribution is 2.27. The van der Waals surface area contributed by atoms with Gasteiger partial charge in [-0.2, -0.15) is 0 Å². The topological polar surface area (TPSA) is 99.1 Å². The molecule has 2 aromatic heterocycles. The lowest BCUT2D eigenvalue weighted by molar-refractivity contribution is 0.354. The van der Waals surface area contributed by atoms with Gasteiger partial charge < -0.3 is 20.5 Å². The van der Waals surface area contributed by atoms with Gasteiger partial charge in [0.05, 0.1) is 27.3 Å². The number of ether oxygens (including phenoxy) is 2. The number of guanidine groups is 1. The van der Waals surface area contributed by atoms with E-state index < -0.39 is 0 Å². The molecule has 1 aromatic carbocycles. The van der Waals surface area contributed by atoms with Crippen molar-refractivity contribution < 1.29 is 9.47 Å². The maximum Gasteiger partial charge on any atom is 0.189 e. The van der Waals surface area contributed by atoms with E-state index in [0.29, 0.717) is 30.5 Å². The van der Waals surface area contributed by atoms with Crippen LogP contribution in [0.5, 0.6) is 11.5 Å². The van der Waals surface area contributed by atoms with Crippen LogP contribution in [-0.2, 0) is 13.1 Å². The summed E-state index contributed by atoms with van der Waals surface area (Å²) >= 11 is 0. The number of nitrogens with one attached hydrogen (secondary N) is 1. The molecule has 0 amide bonds. The first kappa shape index (κ1) is 16.6. The molecular weight excluding hydrogens is 320 g/mol. The molecule has 130 valence electrons. The standard InChI is InChI=1S/C17H20N6O2/c1-24-13-7-6-12(9-14(13)25-2)10-19-17(18)20-11-16-22-21-15-5-3-4-8-23(15)16/h3-9H,10-11H2,1-2H3,(H3,18,19,20). The fourth-order valence-electron chi connectivity index (χ4n) is 2.39. The van der Waals surface area contributed by atoms with Gasteiger partial charge >= 0.3 is 0 Å². The van der Waals surface area contributed by atoms with Crippen molar-refractivity contribution in [3.8, 4) is 11.5 Å². The number of nitrogens with zero attached hydrogens (tertiary/aromatic N) is 4. The minimum Gasteiger partial charge on any atom is -0.493 e. The first-order chi connectivity index (χ1) is 12.2. The van der Waals surface area contributed by atoms with Gasteiger partial charge in [0, 0.05) is 6.20 Å². The average molecular weight is 340 g/mol. The van der Waals surface area contributed by atoms with Gasteiger partial charge in [-0.1, -0.05) is 12.1 Å². The summed E-state index contributed by atoms with van der Waals surface area (Å²) in [6.07, 6.45) is 1.91. The van der Waals surface area contributed by atoms with Crippen molar-refractivity contribution in [2.75, 3.05) is 14.2 Å². The molecule has 0 bridgehead atoms. The van der Waals surface area contributed by atoms with Gasteiger partial charge in [0.1, 0.15) is 0 Å². The van der Waals surface area contributed by atoms with E-state index >= 15 is 0 Å². The minimum atomic E-state index is 0.336. The summed E-state index contributed by atoms with van der Waals surface area (Å²) in [6.45, 7) is 0.867. The molecule has 3 N–H and O–H groups in total. The van der Waals surface area contributed by atoms with Crippen LogP contribution in [0.1, 0.15) is 11.4 Å². The lowest BCUT2D eigenvalue weighted by atomic mass is 10.2. The molecule has 0 atom stereocenters. The van der Waals surface area contributed by atoms with E-state index in [9.17, 15) is 0 Å². The molecule has 0 saturated carbocycles. The highest BCUT2D eigenvalue weighted by Gasteiger charge is 2.06. The monoisotopic (exact) mass is 340 g/mol. The summed E-state index contributed by atoms with van der Waals surface area (Å²) in [4.78, 5) is 4.33. The van der Waals surface area contributed by atoms with Crippen molar-refractivity contribution in [1.29, 1.82) is 0 Å². The number of hydrogen-bond donors (Lipinski definition) is 2. The summed E-state index contributed by atoms with van der Waals surface area (Å²) in [5.74, 6) is 2.44. The summed E-state index contributed by atoms with van der Waals surface area (Å²) in [5.41, 5.74) is 7.69. The van der Waals surface area contributed by atoms with Crippen LogP contribution in [0.2, 0.25) is 0 Å². The molecule has 8 nitrogen and oxygen atoms in total. The van der Waals surface area contributed by atoms with E-state index in [1.807, 2.05) is 47.0 Å². The van der Waals surface area contributed by atoms with E-state index in [1.54, 1.807) is 14.2 Å². The van der Waals surface area contributed by atoms with Crippen LogP contribution in [0.3, 0.4) is 0 Å². The van der Waals surface area contributed by atoms with E-state index in [-0.39, 0.29) is 0 Å². The highest BCUT2D eigenvalue weighted by atomic mass is 16.5. The van der Waals surface area contributed by atoms with Gasteiger partial charge in [0.25, 0.3) is 0 Å². The first-order valence-electron chi connectivity index (χ1n) is 7.74. The average Bonchev–Trinajstić information content (AvgIpc) is 3.07. The molecular formula is C17H20N6O2. The Morgan fingerprint density at radius 2 is 2.00 bits per heavy atom. The van der Waals surface area contributed by atoms with E-state index in [0.717, 1.165) is 17.0 Å². The predicted molar refractivity (Wildman–Crippen MR) is 94.7 cm³/mol. The number of aromatic nitrogens is 3. The van der Waals surface area contributed by atoms with Crippen LogP contribution in [0.25, 0.3) is 5.65 Å². The molecule has 0 spiro atoms. The second-order valence-electron chi connectivity index (χ2n) is 5.29. The van der Waals surface area contributed by atoms with Crippen LogP contribution in [0.15, 0.2) is 47.6 Å². The van der Waals surface area contributed by atoms with Crippen LogP contribution in [0, 0.1) is 0 Å². The number of hydrogen-bond acceptors (Lipinski definition) is 5. The fourth-order valence-corrected chi connectivity index (χ4v) is 2.39. The van der Waals surface area contributed by atoms with Crippen molar-refractivity contribution in [3.63, 3.8) is 0 Å². The number of pyridine rings is 1. The maximum absolute atomic E-state index is 5.93. The normalized spacial score (nSPS) is 11.5. The smallest absolute Gasteiger partial charge is 0.189 e. The number of nitrogens with two attached hydrogens (primary N) is 1. The van der Waals surface area contributed by atoms with E-state index in [2.05, 4.69) is 20.5 Å². The summed E-state index contributed by atoms with van der Waals surface area (Å²) in [6, 6.07) is 11.4. The van der Waals surface area contributed by atoms with Crippen molar-refractivity contribution in [1.82, 2.24) is 19.9 Å². The van der Waals surface area contributed by atoms with Crippen molar-refractivity contribution in [2.45, 2.75) is 13.1 Å². The van der Waals surface area contributed by atoms with E-state index in [4.69, 9.17) is 15.2 Å². The largest absolute Gasteiger partial charge is 0.493 e. The molecule has 2 heterocycles. The third-order valence-electron chi connectivity index (χ3n) is 3.69. The van der Waals surface area contributed by atoms with Crippen molar-refractivity contribution >= 4 is 11.6 Å². The molecule has 0 aliphatic carbocycles. The highest BCUT2D eigenvalue weighted by molar-refractivity contribution is 5.77. The number of methoxy groups -OCH3 is 2. The number of rotatable bonds is 6. The number of fused-ring (bicyclic) bond motifs is 1. The zero-order valence-electron chi connectivity index (χ0n) is 14.1. The third kappa shape index (κ3) is 3.79.